The molecule has 1 unspecified atom stereocenters. The SMILES string of the molecule is CC(CNC(=O)N[C@@H](CCC(N)=O)C(=O)O)N(C)C. The first-order valence-corrected chi connectivity index (χ1v) is 5.96. The highest BCUT2D eigenvalue weighted by Gasteiger charge is 2.20. The number of carboxylic acid groups (broad SMARTS) is 1. The zero-order chi connectivity index (χ0) is 15.0. The van der Waals surface area contributed by atoms with Crippen LogP contribution in [0.1, 0.15) is 19.8 Å². The van der Waals surface area contributed by atoms with Gasteiger partial charge in [0.1, 0.15) is 6.04 Å². The summed E-state index contributed by atoms with van der Waals surface area (Å²) in [6.07, 6.45) is -0.118. The molecule has 0 aliphatic rings. The second kappa shape index (κ2) is 8.30. The Morgan fingerprint density at radius 3 is 2.32 bits per heavy atom. The van der Waals surface area contributed by atoms with Crippen LogP contribution < -0.4 is 16.4 Å². The summed E-state index contributed by atoms with van der Waals surface area (Å²) >= 11 is 0. The predicted molar refractivity (Wildman–Crippen MR) is 69.5 cm³/mol. The van der Waals surface area contributed by atoms with Gasteiger partial charge in [-0.15, -0.1) is 0 Å². The highest BCUT2D eigenvalue weighted by molar-refractivity contribution is 5.83. The van der Waals surface area contributed by atoms with Crippen molar-refractivity contribution in [1.29, 1.82) is 0 Å². The van der Waals surface area contributed by atoms with E-state index >= 15 is 0 Å². The number of carbonyl (C=O) groups is 3. The van der Waals surface area contributed by atoms with Gasteiger partial charge in [0.25, 0.3) is 0 Å². The lowest BCUT2D eigenvalue weighted by Gasteiger charge is -2.21. The van der Waals surface area contributed by atoms with Gasteiger partial charge in [0.2, 0.25) is 5.91 Å². The average Bonchev–Trinajstić information content (AvgIpc) is 2.30. The third kappa shape index (κ3) is 7.98. The molecule has 0 aliphatic carbocycles. The Morgan fingerprint density at radius 1 is 1.32 bits per heavy atom. The number of aliphatic carboxylic acids is 1. The number of rotatable bonds is 8. The molecular weight excluding hydrogens is 252 g/mol. The summed E-state index contributed by atoms with van der Waals surface area (Å²) in [6, 6.07) is -1.58. The van der Waals surface area contributed by atoms with Gasteiger partial charge in [-0.05, 0) is 27.4 Å². The molecule has 0 aromatic heterocycles. The van der Waals surface area contributed by atoms with Gasteiger partial charge in [0.05, 0.1) is 0 Å². The summed E-state index contributed by atoms with van der Waals surface area (Å²) in [5.41, 5.74) is 4.94. The fourth-order valence-corrected chi connectivity index (χ4v) is 1.18. The van der Waals surface area contributed by atoms with Crippen LogP contribution in [-0.2, 0) is 9.59 Å². The number of urea groups is 1. The number of nitrogens with one attached hydrogen (secondary N) is 2. The molecule has 8 nitrogen and oxygen atoms in total. The van der Waals surface area contributed by atoms with Crippen molar-refractivity contribution in [1.82, 2.24) is 15.5 Å². The van der Waals surface area contributed by atoms with Gasteiger partial charge < -0.3 is 26.4 Å². The molecule has 3 amide bonds. The Morgan fingerprint density at radius 2 is 1.89 bits per heavy atom. The van der Waals surface area contributed by atoms with E-state index in [9.17, 15) is 14.4 Å². The Hall–Kier alpha value is -1.83. The van der Waals surface area contributed by atoms with E-state index in [1.165, 1.54) is 0 Å². The Bertz CT molecular complexity index is 333. The molecule has 19 heavy (non-hydrogen) atoms. The molecule has 0 aromatic rings. The molecular formula is C11H22N4O4. The fraction of sp³-hybridized carbons (Fsp3) is 0.727. The van der Waals surface area contributed by atoms with Gasteiger partial charge in [-0.1, -0.05) is 0 Å². The smallest absolute Gasteiger partial charge is 0.326 e. The second-order valence-electron chi connectivity index (χ2n) is 4.56. The van der Waals surface area contributed by atoms with Crippen molar-refractivity contribution < 1.29 is 19.5 Å². The first-order valence-electron chi connectivity index (χ1n) is 5.96. The molecule has 0 saturated heterocycles. The van der Waals surface area contributed by atoms with Crippen molar-refractivity contribution in [3.8, 4) is 0 Å². The van der Waals surface area contributed by atoms with E-state index in [1.54, 1.807) is 0 Å². The summed E-state index contributed by atoms with van der Waals surface area (Å²) in [4.78, 5) is 34.9. The van der Waals surface area contributed by atoms with Crippen molar-refractivity contribution in [2.75, 3.05) is 20.6 Å². The number of likely N-dealkylation sites (N-methyl/N-ethyl adjacent to an activating group) is 1. The number of nitrogens with two attached hydrogens (primary N) is 1. The average molecular weight is 274 g/mol. The molecule has 5 N–H and O–H groups in total. The normalized spacial score (nSPS) is 13.7. The highest BCUT2D eigenvalue weighted by Crippen LogP contribution is 1.97. The van der Waals surface area contributed by atoms with Crippen LogP contribution in [0.2, 0.25) is 0 Å². The van der Waals surface area contributed by atoms with Crippen molar-refractivity contribution in [2.45, 2.75) is 31.8 Å². The lowest BCUT2D eigenvalue weighted by Crippen LogP contribution is -2.49. The number of hydrogen-bond donors (Lipinski definition) is 4. The van der Waals surface area contributed by atoms with E-state index < -0.39 is 23.9 Å². The number of amides is 3. The molecule has 0 radical (unpaired) electrons. The third-order valence-corrected chi connectivity index (χ3v) is 2.72. The third-order valence-electron chi connectivity index (χ3n) is 2.72. The van der Waals surface area contributed by atoms with Crippen LogP contribution in [0.3, 0.4) is 0 Å². The van der Waals surface area contributed by atoms with Gasteiger partial charge >= 0.3 is 12.0 Å². The number of carbonyl (C=O) groups excluding carboxylic acids is 2. The van der Waals surface area contributed by atoms with Gasteiger partial charge in [0, 0.05) is 19.0 Å². The number of hydrogen-bond acceptors (Lipinski definition) is 4. The second-order valence-corrected chi connectivity index (χ2v) is 4.56. The zero-order valence-electron chi connectivity index (χ0n) is 11.5. The minimum absolute atomic E-state index is 0.0265. The Kier molecular flexibility index (Phi) is 7.50. The maximum Gasteiger partial charge on any atom is 0.326 e. The van der Waals surface area contributed by atoms with Crippen LogP contribution in [0.4, 0.5) is 4.79 Å². The topological polar surface area (TPSA) is 125 Å². The van der Waals surface area contributed by atoms with Crippen molar-refractivity contribution in [2.24, 2.45) is 5.73 Å². The van der Waals surface area contributed by atoms with E-state index in [0.29, 0.717) is 6.54 Å². The van der Waals surface area contributed by atoms with E-state index in [4.69, 9.17) is 10.8 Å². The summed E-state index contributed by atoms with van der Waals surface area (Å²) in [7, 11) is 3.74. The maximum atomic E-state index is 11.5. The van der Waals surface area contributed by atoms with Crippen LogP contribution in [-0.4, -0.2) is 60.6 Å². The molecule has 0 rings (SSSR count). The maximum absolute atomic E-state index is 11.5. The molecule has 0 heterocycles. The van der Waals surface area contributed by atoms with Crippen molar-refractivity contribution in [3.63, 3.8) is 0 Å². The fourth-order valence-electron chi connectivity index (χ4n) is 1.18. The molecule has 110 valence electrons. The van der Waals surface area contributed by atoms with E-state index in [-0.39, 0.29) is 18.9 Å². The van der Waals surface area contributed by atoms with Crippen molar-refractivity contribution >= 4 is 17.9 Å². The van der Waals surface area contributed by atoms with Gasteiger partial charge in [-0.3, -0.25) is 4.79 Å². The molecule has 0 saturated carbocycles. The summed E-state index contributed by atoms with van der Waals surface area (Å²) in [5.74, 6) is -1.80. The largest absolute Gasteiger partial charge is 0.480 e. The summed E-state index contributed by atoms with van der Waals surface area (Å²) in [5, 5.41) is 13.8. The van der Waals surface area contributed by atoms with Crippen LogP contribution >= 0.6 is 0 Å². The predicted octanol–water partition coefficient (Wildman–Crippen LogP) is -1.05. The lowest BCUT2D eigenvalue weighted by molar-refractivity contribution is -0.139. The highest BCUT2D eigenvalue weighted by atomic mass is 16.4. The summed E-state index contributed by atoms with van der Waals surface area (Å²) in [6.45, 7) is 2.31. The van der Waals surface area contributed by atoms with Crippen LogP contribution in [0.15, 0.2) is 0 Å². The van der Waals surface area contributed by atoms with Crippen LogP contribution in [0.25, 0.3) is 0 Å². The molecule has 0 aliphatic heterocycles. The minimum atomic E-state index is -1.20. The van der Waals surface area contributed by atoms with E-state index in [2.05, 4.69) is 10.6 Å². The van der Waals surface area contributed by atoms with Gasteiger partial charge in [-0.25, -0.2) is 9.59 Å². The minimum Gasteiger partial charge on any atom is -0.480 e. The zero-order valence-corrected chi connectivity index (χ0v) is 11.5. The van der Waals surface area contributed by atoms with Gasteiger partial charge in [0.15, 0.2) is 0 Å². The molecule has 0 spiro atoms. The van der Waals surface area contributed by atoms with E-state index in [0.717, 1.165) is 0 Å². The molecule has 0 fully saturated rings. The molecule has 0 bridgehead atoms. The monoisotopic (exact) mass is 274 g/mol. The standard InChI is InChI=1S/C11H22N4O4/c1-7(15(2)3)6-13-11(19)14-8(10(17)18)4-5-9(12)16/h7-8H,4-6H2,1-3H3,(H2,12,16)(H,17,18)(H2,13,14,19)/t7?,8-/m0/s1. The first kappa shape index (κ1) is 17.2. The number of carboxylic acids is 1. The molecule has 0 aromatic carbocycles. The number of primary amides is 1. The quantitative estimate of drug-likeness (QED) is 0.449. The first-order chi connectivity index (χ1) is 8.73. The number of nitrogens with zero attached hydrogens (tertiary/aromatic N) is 1. The summed E-state index contributed by atoms with van der Waals surface area (Å²) < 4.78 is 0. The van der Waals surface area contributed by atoms with Crippen LogP contribution in [0.5, 0.6) is 0 Å². The van der Waals surface area contributed by atoms with E-state index in [1.807, 2.05) is 25.9 Å². The Balaban J connectivity index is 4.17. The molecule has 8 heteroatoms. The van der Waals surface area contributed by atoms with Crippen LogP contribution in [0, 0.1) is 0 Å². The van der Waals surface area contributed by atoms with Gasteiger partial charge in [-0.2, -0.15) is 0 Å². The van der Waals surface area contributed by atoms with Crippen molar-refractivity contribution in [3.05, 3.63) is 0 Å². The molecule has 2 atom stereocenters. The Labute approximate surface area is 112 Å². The lowest BCUT2D eigenvalue weighted by atomic mass is 10.1.